The molecule has 3 aromatic rings. The Hall–Kier alpha value is -4.79. The van der Waals surface area contributed by atoms with Crippen molar-refractivity contribution in [2.24, 2.45) is 0 Å². The third-order valence-corrected chi connectivity index (χ3v) is 5.33. The summed E-state index contributed by atoms with van der Waals surface area (Å²) in [5.41, 5.74) is 1.66. The first-order valence-corrected chi connectivity index (χ1v) is 10.3. The monoisotopic (exact) mass is 456 g/mol. The van der Waals surface area contributed by atoms with Gasteiger partial charge in [-0.1, -0.05) is 18.2 Å². The molecule has 0 radical (unpaired) electrons. The smallest absolute Gasteiger partial charge is 0.266 e. The van der Waals surface area contributed by atoms with Crippen molar-refractivity contribution in [2.45, 2.75) is 0 Å². The fraction of sp³-hybridized carbons (Fsp3) is 0.0800. The molecule has 1 heterocycles. The SMILES string of the molecule is CNC(=O)c1cc(NC(=O)c2cccc(N3C(=O)c4ccccc4C3=O)c2)cc(C(=O)NC)c1. The molecule has 170 valence electrons. The zero-order chi connectivity index (χ0) is 24.4. The molecule has 9 heteroatoms. The van der Waals surface area contributed by atoms with Gasteiger partial charge in [0.1, 0.15) is 0 Å². The number of fused-ring (bicyclic) bond motifs is 1. The first-order chi connectivity index (χ1) is 16.3. The highest BCUT2D eigenvalue weighted by Crippen LogP contribution is 2.29. The summed E-state index contributed by atoms with van der Waals surface area (Å²) in [7, 11) is 2.91. The van der Waals surface area contributed by atoms with E-state index in [1.807, 2.05) is 0 Å². The first-order valence-electron chi connectivity index (χ1n) is 10.3. The Balaban J connectivity index is 1.63. The van der Waals surface area contributed by atoms with Crippen LogP contribution in [-0.2, 0) is 0 Å². The molecule has 1 aliphatic rings. The van der Waals surface area contributed by atoms with Crippen LogP contribution in [0.15, 0.2) is 66.7 Å². The van der Waals surface area contributed by atoms with Crippen LogP contribution in [0.3, 0.4) is 0 Å². The van der Waals surface area contributed by atoms with Gasteiger partial charge in [-0.15, -0.1) is 0 Å². The van der Waals surface area contributed by atoms with Gasteiger partial charge in [0, 0.05) is 36.5 Å². The van der Waals surface area contributed by atoms with Gasteiger partial charge in [-0.25, -0.2) is 4.90 Å². The van der Waals surface area contributed by atoms with Gasteiger partial charge < -0.3 is 16.0 Å². The van der Waals surface area contributed by atoms with Gasteiger partial charge in [-0.2, -0.15) is 0 Å². The van der Waals surface area contributed by atoms with Crippen LogP contribution >= 0.6 is 0 Å². The van der Waals surface area contributed by atoms with Gasteiger partial charge in [-0.3, -0.25) is 24.0 Å². The van der Waals surface area contributed by atoms with E-state index < -0.39 is 29.5 Å². The summed E-state index contributed by atoms with van der Waals surface area (Å²) in [5, 5.41) is 7.63. The molecule has 0 atom stereocenters. The number of carbonyl (C=O) groups is 5. The van der Waals surface area contributed by atoms with Crippen molar-refractivity contribution in [2.75, 3.05) is 24.3 Å². The van der Waals surface area contributed by atoms with E-state index in [-0.39, 0.29) is 28.1 Å². The number of imide groups is 1. The lowest BCUT2D eigenvalue weighted by atomic mass is 10.1. The van der Waals surface area contributed by atoms with Gasteiger partial charge in [0.25, 0.3) is 29.5 Å². The number of nitrogens with one attached hydrogen (secondary N) is 3. The van der Waals surface area contributed by atoms with Crippen molar-refractivity contribution in [3.63, 3.8) is 0 Å². The Labute approximate surface area is 194 Å². The number of carbonyl (C=O) groups excluding carboxylic acids is 5. The summed E-state index contributed by atoms with van der Waals surface area (Å²) in [6, 6.07) is 16.9. The number of anilines is 2. The zero-order valence-electron chi connectivity index (χ0n) is 18.3. The van der Waals surface area contributed by atoms with Crippen LogP contribution in [-0.4, -0.2) is 43.6 Å². The molecule has 4 rings (SSSR count). The number of nitrogens with zero attached hydrogens (tertiary/aromatic N) is 1. The lowest BCUT2D eigenvalue weighted by Crippen LogP contribution is -2.29. The van der Waals surface area contributed by atoms with Crippen molar-refractivity contribution < 1.29 is 24.0 Å². The minimum absolute atomic E-state index is 0.181. The molecule has 0 spiro atoms. The van der Waals surface area contributed by atoms with Gasteiger partial charge >= 0.3 is 0 Å². The molecule has 9 nitrogen and oxygen atoms in total. The van der Waals surface area contributed by atoms with Crippen LogP contribution in [0, 0.1) is 0 Å². The Morgan fingerprint density at radius 3 is 1.74 bits per heavy atom. The molecule has 3 N–H and O–H groups in total. The molecular formula is C25H20N4O5. The molecular weight excluding hydrogens is 436 g/mol. The first kappa shape index (κ1) is 22.4. The average Bonchev–Trinajstić information content (AvgIpc) is 3.12. The summed E-state index contributed by atoms with van der Waals surface area (Å²) in [6.07, 6.45) is 0. The summed E-state index contributed by atoms with van der Waals surface area (Å²) >= 11 is 0. The highest BCUT2D eigenvalue weighted by atomic mass is 16.2. The molecule has 0 unspecified atom stereocenters. The van der Waals surface area contributed by atoms with E-state index in [4.69, 9.17) is 0 Å². The minimum Gasteiger partial charge on any atom is -0.355 e. The van der Waals surface area contributed by atoms with E-state index >= 15 is 0 Å². The van der Waals surface area contributed by atoms with Gasteiger partial charge in [0.05, 0.1) is 16.8 Å². The van der Waals surface area contributed by atoms with Crippen LogP contribution < -0.4 is 20.9 Å². The minimum atomic E-state index is -0.546. The highest BCUT2D eigenvalue weighted by Gasteiger charge is 2.36. The third-order valence-electron chi connectivity index (χ3n) is 5.33. The molecule has 0 fully saturated rings. The van der Waals surface area contributed by atoms with Gasteiger partial charge in [0.15, 0.2) is 0 Å². The fourth-order valence-electron chi connectivity index (χ4n) is 3.66. The van der Waals surface area contributed by atoms with Gasteiger partial charge in [0.2, 0.25) is 0 Å². The van der Waals surface area contributed by atoms with Crippen molar-refractivity contribution in [1.82, 2.24) is 10.6 Å². The van der Waals surface area contributed by atoms with Crippen molar-refractivity contribution in [3.8, 4) is 0 Å². The number of amides is 5. The predicted octanol–water partition coefficient (Wildman–Crippen LogP) is 2.46. The second-order valence-corrected chi connectivity index (χ2v) is 7.45. The quantitative estimate of drug-likeness (QED) is 0.509. The van der Waals surface area contributed by atoms with Crippen LogP contribution in [0.25, 0.3) is 0 Å². The number of rotatable bonds is 5. The summed E-state index contributed by atoms with van der Waals surface area (Å²) in [6.45, 7) is 0. The Morgan fingerprint density at radius 1 is 0.647 bits per heavy atom. The van der Waals surface area contributed by atoms with Crippen molar-refractivity contribution >= 4 is 40.9 Å². The second kappa shape index (κ2) is 8.99. The molecule has 0 bridgehead atoms. The van der Waals surface area contributed by atoms with E-state index in [0.717, 1.165) is 4.90 Å². The highest BCUT2D eigenvalue weighted by molar-refractivity contribution is 6.34. The number of hydrogen-bond donors (Lipinski definition) is 3. The van der Waals surface area contributed by atoms with E-state index in [1.54, 1.807) is 36.4 Å². The molecule has 1 aliphatic heterocycles. The maximum Gasteiger partial charge on any atom is 0.266 e. The molecule has 0 aromatic heterocycles. The van der Waals surface area contributed by atoms with E-state index in [0.29, 0.717) is 11.1 Å². The summed E-state index contributed by atoms with van der Waals surface area (Å²) in [5.74, 6) is -2.32. The molecule has 3 aromatic carbocycles. The van der Waals surface area contributed by atoms with Crippen molar-refractivity contribution in [3.05, 3.63) is 94.5 Å². The summed E-state index contributed by atoms with van der Waals surface area (Å²) in [4.78, 5) is 63.7. The maximum atomic E-state index is 13.0. The number of benzene rings is 3. The standard InChI is InChI=1S/C25H20N4O5/c1-26-21(30)15-10-16(22(31)27-2)12-17(11-15)28-23(32)14-6-5-7-18(13-14)29-24(33)19-8-3-4-9-20(19)25(29)34/h3-13H,1-2H3,(H,26,30)(H,27,31)(H,28,32). The van der Waals surface area contributed by atoms with Gasteiger partial charge in [-0.05, 0) is 48.5 Å². The van der Waals surface area contributed by atoms with Crippen LogP contribution in [0.4, 0.5) is 11.4 Å². The fourth-order valence-corrected chi connectivity index (χ4v) is 3.66. The predicted molar refractivity (Wildman–Crippen MR) is 125 cm³/mol. The van der Waals surface area contributed by atoms with Crippen LogP contribution in [0.2, 0.25) is 0 Å². The number of hydrogen-bond acceptors (Lipinski definition) is 5. The molecule has 5 amide bonds. The largest absolute Gasteiger partial charge is 0.355 e. The lowest BCUT2D eigenvalue weighted by Gasteiger charge is -2.15. The van der Waals surface area contributed by atoms with E-state index in [9.17, 15) is 24.0 Å². The lowest BCUT2D eigenvalue weighted by molar-refractivity contribution is 0.0919. The Morgan fingerprint density at radius 2 is 1.21 bits per heavy atom. The Bertz CT molecular complexity index is 1300. The van der Waals surface area contributed by atoms with E-state index in [2.05, 4.69) is 16.0 Å². The normalized spacial score (nSPS) is 12.2. The topological polar surface area (TPSA) is 125 Å². The molecule has 0 saturated heterocycles. The maximum absolute atomic E-state index is 13.0. The summed E-state index contributed by atoms with van der Waals surface area (Å²) < 4.78 is 0. The molecule has 34 heavy (non-hydrogen) atoms. The second-order valence-electron chi connectivity index (χ2n) is 7.45. The van der Waals surface area contributed by atoms with Crippen LogP contribution in [0.1, 0.15) is 51.8 Å². The average molecular weight is 456 g/mol. The molecule has 0 saturated carbocycles. The van der Waals surface area contributed by atoms with E-state index in [1.165, 1.54) is 44.4 Å². The molecule has 0 aliphatic carbocycles. The zero-order valence-corrected chi connectivity index (χ0v) is 18.3. The Kier molecular flexibility index (Phi) is 5.92. The van der Waals surface area contributed by atoms with Crippen LogP contribution in [0.5, 0.6) is 0 Å². The third kappa shape index (κ3) is 4.02. The van der Waals surface area contributed by atoms with Crippen molar-refractivity contribution in [1.29, 1.82) is 0 Å².